The summed E-state index contributed by atoms with van der Waals surface area (Å²) < 4.78 is 0. The third-order valence-electron chi connectivity index (χ3n) is 5.60. The first kappa shape index (κ1) is 24.8. The highest BCUT2D eigenvalue weighted by molar-refractivity contribution is 7.95. The number of hydrogen-bond donors (Lipinski definition) is 0. The van der Waals surface area contributed by atoms with Crippen LogP contribution in [0.3, 0.4) is 0 Å². The van der Waals surface area contributed by atoms with E-state index in [0.717, 1.165) is 0 Å². The molecule has 3 aromatic rings. The SMILES string of the molecule is CCCCCC=CCCC[P+](c1ccccc1)(c1ccccc1)c1ccccc1.[I-]. The van der Waals surface area contributed by atoms with E-state index in [2.05, 4.69) is 110 Å². The van der Waals surface area contributed by atoms with E-state index in [-0.39, 0.29) is 24.0 Å². The maximum absolute atomic E-state index is 2.41. The van der Waals surface area contributed by atoms with E-state index in [4.69, 9.17) is 0 Å². The lowest BCUT2D eigenvalue weighted by Crippen LogP contribution is -3.00. The first-order valence-corrected chi connectivity index (χ1v) is 13.1. The molecule has 0 saturated heterocycles. The van der Waals surface area contributed by atoms with E-state index >= 15 is 0 Å². The number of hydrogen-bond acceptors (Lipinski definition) is 0. The Morgan fingerprint density at radius 3 is 1.37 bits per heavy atom. The van der Waals surface area contributed by atoms with Crippen molar-refractivity contribution in [3.05, 3.63) is 103 Å². The summed E-state index contributed by atoms with van der Waals surface area (Å²) in [7, 11) is -1.65. The second kappa shape index (κ2) is 13.8. The second-order valence-electron chi connectivity index (χ2n) is 7.65. The number of benzene rings is 3. The summed E-state index contributed by atoms with van der Waals surface area (Å²) in [4.78, 5) is 0. The highest BCUT2D eigenvalue weighted by Gasteiger charge is 2.44. The molecule has 0 amide bonds. The fourth-order valence-electron chi connectivity index (χ4n) is 4.08. The normalized spacial score (nSPS) is 11.4. The molecule has 0 aromatic heterocycles. The standard InChI is InChI=1S/C28H34P.HI/c1-2-3-4-5-6-7-8-18-25-29(26-19-12-9-13-20-26,27-21-14-10-15-22-27)28-23-16-11-17-24-28;/h6-7,9-17,19-24H,2-5,8,18,25H2,1H3;1H/q+1;/p-1. The van der Waals surface area contributed by atoms with Crippen molar-refractivity contribution in [2.45, 2.75) is 45.4 Å². The molecule has 0 heterocycles. The van der Waals surface area contributed by atoms with Gasteiger partial charge in [0, 0.05) is 0 Å². The first-order valence-electron chi connectivity index (χ1n) is 11.1. The largest absolute Gasteiger partial charge is 1.00 e. The van der Waals surface area contributed by atoms with Crippen LogP contribution in [0.4, 0.5) is 0 Å². The van der Waals surface area contributed by atoms with Gasteiger partial charge in [0.1, 0.15) is 23.2 Å². The highest BCUT2D eigenvalue weighted by Crippen LogP contribution is 2.55. The summed E-state index contributed by atoms with van der Waals surface area (Å²) in [6, 6.07) is 33.6. The molecule has 0 aliphatic rings. The Morgan fingerprint density at radius 2 is 0.967 bits per heavy atom. The third-order valence-corrected chi connectivity index (χ3v) is 10.1. The average Bonchev–Trinajstić information content (AvgIpc) is 2.80. The molecule has 0 atom stereocenters. The van der Waals surface area contributed by atoms with Crippen LogP contribution < -0.4 is 39.9 Å². The van der Waals surface area contributed by atoms with Crippen LogP contribution in [-0.2, 0) is 0 Å². The summed E-state index contributed by atoms with van der Waals surface area (Å²) in [6.45, 7) is 2.27. The lowest BCUT2D eigenvalue weighted by atomic mass is 10.2. The van der Waals surface area contributed by atoms with Crippen LogP contribution in [0.25, 0.3) is 0 Å². The predicted molar refractivity (Wildman–Crippen MR) is 133 cm³/mol. The van der Waals surface area contributed by atoms with Gasteiger partial charge in [0.25, 0.3) is 0 Å². The maximum Gasteiger partial charge on any atom is 0.112 e. The van der Waals surface area contributed by atoms with Crippen LogP contribution in [0.15, 0.2) is 103 Å². The molecule has 0 unspecified atom stereocenters. The van der Waals surface area contributed by atoms with Crippen molar-refractivity contribution < 1.29 is 24.0 Å². The van der Waals surface area contributed by atoms with Gasteiger partial charge in [0.15, 0.2) is 0 Å². The van der Waals surface area contributed by atoms with Crippen LogP contribution in [0.2, 0.25) is 0 Å². The Kier molecular flexibility index (Phi) is 11.4. The minimum absolute atomic E-state index is 0. The zero-order valence-corrected chi connectivity index (χ0v) is 21.1. The smallest absolute Gasteiger partial charge is 0.112 e. The van der Waals surface area contributed by atoms with Gasteiger partial charge >= 0.3 is 0 Å². The Morgan fingerprint density at radius 1 is 0.567 bits per heavy atom. The molecular formula is C28H34IP. The van der Waals surface area contributed by atoms with Gasteiger partial charge in [0.05, 0.1) is 6.16 Å². The first-order chi connectivity index (χ1) is 14.4. The fraction of sp³-hybridized carbons (Fsp3) is 0.286. The highest BCUT2D eigenvalue weighted by atomic mass is 127. The summed E-state index contributed by atoms with van der Waals surface area (Å²) in [5.74, 6) is 0. The van der Waals surface area contributed by atoms with Crippen LogP contribution >= 0.6 is 7.26 Å². The van der Waals surface area contributed by atoms with Gasteiger partial charge in [-0.2, -0.15) is 0 Å². The topological polar surface area (TPSA) is 0 Å². The third kappa shape index (κ3) is 6.53. The van der Waals surface area contributed by atoms with Crippen LogP contribution in [0.1, 0.15) is 45.4 Å². The summed E-state index contributed by atoms with van der Waals surface area (Å²) in [5, 5.41) is 4.47. The zero-order valence-electron chi connectivity index (χ0n) is 18.1. The van der Waals surface area contributed by atoms with Gasteiger partial charge in [-0.05, 0) is 62.1 Å². The second-order valence-corrected chi connectivity index (χ2v) is 11.3. The molecule has 0 radical (unpaired) electrons. The van der Waals surface area contributed by atoms with Crippen molar-refractivity contribution in [1.29, 1.82) is 0 Å². The molecule has 0 nitrogen and oxygen atoms in total. The molecule has 30 heavy (non-hydrogen) atoms. The van der Waals surface area contributed by atoms with Gasteiger partial charge < -0.3 is 24.0 Å². The fourth-order valence-corrected chi connectivity index (χ4v) is 8.45. The summed E-state index contributed by atoms with van der Waals surface area (Å²) in [6.07, 6.45) is 13.6. The molecule has 2 heteroatoms. The Balaban J connectivity index is 0.00000320. The lowest BCUT2D eigenvalue weighted by Gasteiger charge is -2.27. The number of rotatable bonds is 11. The van der Waals surface area contributed by atoms with E-state index in [9.17, 15) is 0 Å². The van der Waals surface area contributed by atoms with Gasteiger partial charge in [-0.3, -0.25) is 0 Å². The maximum atomic E-state index is 2.41. The Hall–Kier alpha value is -1.44. The van der Waals surface area contributed by atoms with Gasteiger partial charge in [0.2, 0.25) is 0 Å². The number of unbranched alkanes of at least 4 members (excludes halogenated alkanes) is 4. The van der Waals surface area contributed by atoms with E-state index in [1.807, 2.05) is 0 Å². The Labute approximate surface area is 201 Å². The van der Waals surface area contributed by atoms with E-state index in [1.165, 1.54) is 60.6 Å². The average molecular weight is 528 g/mol. The predicted octanol–water partition coefficient (Wildman–Crippen LogP) is 3.90. The Bertz CT molecular complexity index is 747. The van der Waals surface area contributed by atoms with Crippen molar-refractivity contribution in [3.63, 3.8) is 0 Å². The number of allylic oxidation sites excluding steroid dienone is 2. The molecular weight excluding hydrogens is 494 g/mol. The zero-order chi connectivity index (χ0) is 20.2. The summed E-state index contributed by atoms with van der Waals surface area (Å²) in [5.41, 5.74) is 0. The minimum atomic E-state index is -1.65. The van der Waals surface area contributed by atoms with Gasteiger partial charge in [-0.25, -0.2) is 0 Å². The number of halogens is 1. The van der Waals surface area contributed by atoms with Gasteiger partial charge in [-0.1, -0.05) is 86.5 Å². The minimum Gasteiger partial charge on any atom is -1.00 e. The molecule has 0 aliphatic heterocycles. The monoisotopic (exact) mass is 528 g/mol. The van der Waals surface area contributed by atoms with Crippen molar-refractivity contribution >= 4 is 23.2 Å². The molecule has 0 N–H and O–H groups in total. The van der Waals surface area contributed by atoms with Crippen molar-refractivity contribution in [2.75, 3.05) is 6.16 Å². The molecule has 0 spiro atoms. The van der Waals surface area contributed by atoms with Crippen LogP contribution in [-0.4, -0.2) is 6.16 Å². The van der Waals surface area contributed by atoms with Gasteiger partial charge in [-0.15, -0.1) is 0 Å². The van der Waals surface area contributed by atoms with Crippen molar-refractivity contribution in [2.24, 2.45) is 0 Å². The molecule has 0 fully saturated rings. The van der Waals surface area contributed by atoms with Crippen LogP contribution in [0.5, 0.6) is 0 Å². The molecule has 0 saturated carbocycles. The molecule has 158 valence electrons. The van der Waals surface area contributed by atoms with Crippen LogP contribution in [0, 0.1) is 0 Å². The molecule has 0 bridgehead atoms. The molecule has 0 aliphatic carbocycles. The quantitative estimate of drug-likeness (QED) is 0.153. The molecule has 3 aromatic carbocycles. The van der Waals surface area contributed by atoms with E-state index < -0.39 is 7.26 Å². The van der Waals surface area contributed by atoms with E-state index in [1.54, 1.807) is 0 Å². The lowest BCUT2D eigenvalue weighted by molar-refractivity contribution is -0.00000581. The molecule has 3 rings (SSSR count). The van der Waals surface area contributed by atoms with E-state index in [0.29, 0.717) is 0 Å². The summed E-state index contributed by atoms with van der Waals surface area (Å²) >= 11 is 0. The van der Waals surface area contributed by atoms with Crippen molar-refractivity contribution in [1.82, 2.24) is 0 Å². The van der Waals surface area contributed by atoms with Crippen molar-refractivity contribution in [3.8, 4) is 0 Å².